The highest BCUT2D eigenvalue weighted by molar-refractivity contribution is 9.10. The number of non-ortho nitro benzene ring substituents is 1. The van der Waals surface area contributed by atoms with Crippen molar-refractivity contribution in [1.29, 1.82) is 0 Å². The zero-order valence-corrected chi connectivity index (χ0v) is 15.4. The fourth-order valence-corrected chi connectivity index (χ4v) is 2.86. The molecule has 0 saturated carbocycles. The Labute approximate surface area is 148 Å². The number of alkyl carbamates (subject to hydrolysis) is 1. The number of halogens is 1. The maximum atomic E-state index is 11.6. The first-order valence-electron chi connectivity index (χ1n) is 7.57. The van der Waals surface area contributed by atoms with E-state index in [-0.39, 0.29) is 5.69 Å². The molecule has 130 valence electrons. The first kappa shape index (κ1) is 18.3. The van der Waals surface area contributed by atoms with Crippen LogP contribution >= 0.6 is 15.9 Å². The van der Waals surface area contributed by atoms with Crippen molar-refractivity contribution in [1.82, 2.24) is 9.88 Å². The van der Waals surface area contributed by atoms with Crippen LogP contribution in [-0.4, -0.2) is 27.7 Å². The van der Waals surface area contributed by atoms with Gasteiger partial charge in [-0.25, -0.2) is 4.79 Å². The SMILES string of the molecule is CC(C)(C)OC(=O)NCCCn1cc(Br)c2cc([N+](=O)[O-])ccc21. The standard InChI is InChI=1S/C16H20BrN3O4/c1-16(2,3)24-15(21)18-7-4-8-19-10-13(17)12-9-11(20(22)23)5-6-14(12)19/h5-6,9-10H,4,7-8H2,1-3H3,(H,18,21). The molecule has 0 radical (unpaired) electrons. The predicted molar refractivity (Wildman–Crippen MR) is 95.1 cm³/mol. The summed E-state index contributed by atoms with van der Waals surface area (Å²) in [6.45, 7) is 6.61. The van der Waals surface area contributed by atoms with E-state index in [1.165, 1.54) is 6.07 Å². The second-order valence-electron chi connectivity index (χ2n) is 6.41. The molecule has 7 nitrogen and oxygen atoms in total. The van der Waals surface area contributed by atoms with Crippen LogP contribution in [0.4, 0.5) is 10.5 Å². The highest BCUT2D eigenvalue weighted by Gasteiger charge is 2.16. The molecule has 2 rings (SSSR count). The monoisotopic (exact) mass is 397 g/mol. The fourth-order valence-electron chi connectivity index (χ4n) is 2.29. The van der Waals surface area contributed by atoms with Gasteiger partial charge in [-0.2, -0.15) is 0 Å². The second kappa shape index (κ2) is 7.21. The number of amides is 1. The molecule has 0 fully saturated rings. The Balaban J connectivity index is 1.96. The molecule has 1 amide bonds. The fraction of sp³-hybridized carbons (Fsp3) is 0.438. The van der Waals surface area contributed by atoms with Gasteiger partial charge in [0.15, 0.2) is 0 Å². The molecular formula is C16H20BrN3O4. The summed E-state index contributed by atoms with van der Waals surface area (Å²) in [7, 11) is 0. The Morgan fingerprint density at radius 2 is 2.12 bits per heavy atom. The van der Waals surface area contributed by atoms with Gasteiger partial charge in [0.25, 0.3) is 5.69 Å². The number of nitro groups is 1. The van der Waals surface area contributed by atoms with Crippen LogP contribution in [0.5, 0.6) is 0 Å². The van der Waals surface area contributed by atoms with Crippen LogP contribution in [0.25, 0.3) is 10.9 Å². The zero-order chi connectivity index (χ0) is 17.9. The van der Waals surface area contributed by atoms with Crippen LogP contribution in [0.15, 0.2) is 28.9 Å². The number of nitro benzene ring substituents is 1. The van der Waals surface area contributed by atoms with Crippen LogP contribution in [0.2, 0.25) is 0 Å². The molecule has 0 aliphatic heterocycles. The van der Waals surface area contributed by atoms with Gasteiger partial charge in [0.2, 0.25) is 0 Å². The highest BCUT2D eigenvalue weighted by Crippen LogP contribution is 2.29. The van der Waals surface area contributed by atoms with E-state index in [9.17, 15) is 14.9 Å². The molecule has 1 N–H and O–H groups in total. The van der Waals surface area contributed by atoms with Gasteiger partial charge in [0.1, 0.15) is 5.60 Å². The van der Waals surface area contributed by atoms with E-state index >= 15 is 0 Å². The molecule has 1 heterocycles. The number of fused-ring (bicyclic) bond motifs is 1. The molecule has 2 aromatic rings. The number of aromatic nitrogens is 1. The Morgan fingerprint density at radius 3 is 2.75 bits per heavy atom. The van der Waals surface area contributed by atoms with Crippen molar-refractivity contribution in [3.05, 3.63) is 39.0 Å². The molecular weight excluding hydrogens is 378 g/mol. The van der Waals surface area contributed by atoms with Crippen molar-refractivity contribution in [2.45, 2.75) is 39.3 Å². The lowest BCUT2D eigenvalue weighted by Gasteiger charge is -2.19. The smallest absolute Gasteiger partial charge is 0.407 e. The predicted octanol–water partition coefficient (Wildman–Crippen LogP) is 4.23. The van der Waals surface area contributed by atoms with Gasteiger partial charge >= 0.3 is 6.09 Å². The lowest BCUT2D eigenvalue weighted by Crippen LogP contribution is -2.33. The number of hydrogen-bond donors (Lipinski definition) is 1. The summed E-state index contributed by atoms with van der Waals surface area (Å²) in [5.74, 6) is 0. The first-order chi connectivity index (χ1) is 11.2. The molecule has 0 spiro atoms. The van der Waals surface area contributed by atoms with E-state index in [1.807, 2.05) is 31.5 Å². The van der Waals surface area contributed by atoms with E-state index < -0.39 is 16.6 Å². The van der Waals surface area contributed by atoms with Crippen molar-refractivity contribution >= 4 is 38.6 Å². The minimum absolute atomic E-state index is 0.0625. The van der Waals surface area contributed by atoms with E-state index in [1.54, 1.807) is 12.1 Å². The van der Waals surface area contributed by atoms with Crippen LogP contribution < -0.4 is 5.32 Å². The summed E-state index contributed by atoms with van der Waals surface area (Å²) < 4.78 is 7.98. The Morgan fingerprint density at radius 1 is 1.42 bits per heavy atom. The summed E-state index contributed by atoms with van der Waals surface area (Å²) >= 11 is 3.43. The van der Waals surface area contributed by atoms with Gasteiger partial charge in [-0.3, -0.25) is 10.1 Å². The van der Waals surface area contributed by atoms with E-state index in [2.05, 4.69) is 21.2 Å². The summed E-state index contributed by atoms with van der Waals surface area (Å²) in [5.41, 5.74) is 0.456. The normalized spacial score (nSPS) is 11.5. The molecule has 0 unspecified atom stereocenters. The molecule has 0 atom stereocenters. The second-order valence-corrected chi connectivity index (χ2v) is 7.27. The molecule has 0 aliphatic rings. The minimum Gasteiger partial charge on any atom is -0.444 e. The van der Waals surface area contributed by atoms with Crippen molar-refractivity contribution in [2.75, 3.05) is 6.54 Å². The number of rotatable bonds is 5. The van der Waals surface area contributed by atoms with Gasteiger partial charge < -0.3 is 14.6 Å². The number of ether oxygens (including phenoxy) is 1. The van der Waals surface area contributed by atoms with E-state index in [0.29, 0.717) is 19.5 Å². The maximum absolute atomic E-state index is 11.6. The number of benzene rings is 1. The average Bonchev–Trinajstić information content (AvgIpc) is 2.78. The molecule has 0 bridgehead atoms. The maximum Gasteiger partial charge on any atom is 0.407 e. The first-order valence-corrected chi connectivity index (χ1v) is 8.36. The average molecular weight is 398 g/mol. The summed E-state index contributed by atoms with van der Waals surface area (Å²) in [5, 5.41) is 14.4. The summed E-state index contributed by atoms with van der Waals surface area (Å²) in [4.78, 5) is 22.0. The Bertz CT molecular complexity index is 765. The molecule has 1 aromatic carbocycles. The summed E-state index contributed by atoms with van der Waals surface area (Å²) in [6.07, 6.45) is 2.17. The largest absolute Gasteiger partial charge is 0.444 e. The van der Waals surface area contributed by atoms with Gasteiger partial charge in [0, 0.05) is 46.8 Å². The van der Waals surface area contributed by atoms with Crippen molar-refractivity contribution in [3.63, 3.8) is 0 Å². The minimum atomic E-state index is -0.514. The van der Waals surface area contributed by atoms with Crippen LogP contribution in [0.1, 0.15) is 27.2 Å². The number of nitrogens with zero attached hydrogens (tertiary/aromatic N) is 2. The highest BCUT2D eigenvalue weighted by atomic mass is 79.9. The molecule has 0 aliphatic carbocycles. The lowest BCUT2D eigenvalue weighted by molar-refractivity contribution is -0.384. The van der Waals surface area contributed by atoms with Crippen LogP contribution in [-0.2, 0) is 11.3 Å². The molecule has 24 heavy (non-hydrogen) atoms. The third-order valence-electron chi connectivity index (χ3n) is 3.27. The Hall–Kier alpha value is -2.09. The topological polar surface area (TPSA) is 86.4 Å². The van der Waals surface area contributed by atoms with Crippen molar-refractivity contribution < 1.29 is 14.5 Å². The number of carbonyl (C=O) groups is 1. The summed E-state index contributed by atoms with van der Waals surface area (Å²) in [6, 6.07) is 4.78. The molecule has 8 heteroatoms. The number of carbonyl (C=O) groups excluding carboxylic acids is 1. The quantitative estimate of drug-likeness (QED) is 0.464. The number of nitrogens with one attached hydrogen (secondary N) is 1. The number of aryl methyl sites for hydroxylation is 1. The Kier molecular flexibility index (Phi) is 5.48. The van der Waals surface area contributed by atoms with E-state index in [0.717, 1.165) is 15.4 Å². The van der Waals surface area contributed by atoms with E-state index in [4.69, 9.17) is 4.74 Å². The van der Waals surface area contributed by atoms with Crippen LogP contribution in [0.3, 0.4) is 0 Å². The van der Waals surface area contributed by atoms with Gasteiger partial charge in [-0.05, 0) is 49.2 Å². The van der Waals surface area contributed by atoms with Gasteiger partial charge in [0.05, 0.1) is 4.92 Å². The van der Waals surface area contributed by atoms with Gasteiger partial charge in [-0.15, -0.1) is 0 Å². The lowest BCUT2D eigenvalue weighted by atomic mass is 10.2. The molecule has 1 aromatic heterocycles. The van der Waals surface area contributed by atoms with Crippen LogP contribution in [0, 0.1) is 10.1 Å². The zero-order valence-electron chi connectivity index (χ0n) is 13.8. The van der Waals surface area contributed by atoms with Gasteiger partial charge in [-0.1, -0.05) is 0 Å². The number of hydrogen-bond acceptors (Lipinski definition) is 4. The molecule has 0 saturated heterocycles. The third kappa shape index (κ3) is 4.70. The van der Waals surface area contributed by atoms with Crippen molar-refractivity contribution in [3.8, 4) is 0 Å². The van der Waals surface area contributed by atoms with Crippen molar-refractivity contribution in [2.24, 2.45) is 0 Å². The third-order valence-corrected chi connectivity index (χ3v) is 3.90.